The number of hydrogen-bond acceptors (Lipinski definition) is 3. The lowest BCUT2D eigenvalue weighted by atomic mass is 10.1. The van der Waals surface area contributed by atoms with Crippen LogP contribution >= 0.6 is 0 Å². The molecule has 2 aromatic rings. The van der Waals surface area contributed by atoms with E-state index < -0.39 is 6.61 Å². The summed E-state index contributed by atoms with van der Waals surface area (Å²) in [6.07, 6.45) is 0. The zero-order valence-corrected chi connectivity index (χ0v) is 11.9. The number of aryl methyl sites for hydroxylation is 1. The Labute approximate surface area is 122 Å². The maximum Gasteiger partial charge on any atom is 0.387 e. The van der Waals surface area contributed by atoms with Gasteiger partial charge in [0.1, 0.15) is 0 Å². The summed E-state index contributed by atoms with van der Waals surface area (Å²) in [5.41, 5.74) is 2.65. The van der Waals surface area contributed by atoms with E-state index in [9.17, 15) is 8.78 Å². The van der Waals surface area contributed by atoms with Crippen molar-refractivity contribution in [3.8, 4) is 11.5 Å². The third-order valence-electron chi connectivity index (χ3n) is 2.99. The fraction of sp³-hybridized carbons (Fsp3) is 0.250. The molecule has 0 aromatic heterocycles. The Morgan fingerprint density at radius 1 is 1.14 bits per heavy atom. The number of alkyl halides is 2. The summed E-state index contributed by atoms with van der Waals surface area (Å²) in [5, 5.41) is 3.19. The van der Waals surface area contributed by atoms with Gasteiger partial charge >= 0.3 is 6.61 Å². The van der Waals surface area contributed by atoms with Gasteiger partial charge in [0.05, 0.1) is 7.11 Å². The first-order valence-electron chi connectivity index (χ1n) is 6.51. The smallest absolute Gasteiger partial charge is 0.387 e. The fourth-order valence-electron chi connectivity index (χ4n) is 2.04. The van der Waals surface area contributed by atoms with Crippen LogP contribution in [-0.2, 0) is 6.54 Å². The Hall–Kier alpha value is -2.30. The highest BCUT2D eigenvalue weighted by molar-refractivity contribution is 5.50. The minimum Gasteiger partial charge on any atom is -0.493 e. The molecule has 0 saturated heterocycles. The highest BCUT2D eigenvalue weighted by atomic mass is 19.3. The van der Waals surface area contributed by atoms with Gasteiger partial charge in [-0.05, 0) is 30.7 Å². The highest BCUT2D eigenvalue weighted by Crippen LogP contribution is 2.32. The molecule has 2 aromatic carbocycles. The molecule has 112 valence electrons. The van der Waals surface area contributed by atoms with Crippen LogP contribution in [-0.4, -0.2) is 13.7 Å². The molecule has 0 aliphatic heterocycles. The zero-order valence-electron chi connectivity index (χ0n) is 11.9. The van der Waals surface area contributed by atoms with E-state index in [1.807, 2.05) is 31.2 Å². The molecule has 0 radical (unpaired) electrons. The van der Waals surface area contributed by atoms with Crippen molar-refractivity contribution in [3.63, 3.8) is 0 Å². The minimum atomic E-state index is -2.89. The number of para-hydroxylation sites is 1. The van der Waals surface area contributed by atoms with E-state index in [-0.39, 0.29) is 5.75 Å². The summed E-state index contributed by atoms with van der Waals surface area (Å²) in [6.45, 7) is -0.538. The van der Waals surface area contributed by atoms with E-state index in [0.717, 1.165) is 11.3 Å². The summed E-state index contributed by atoms with van der Waals surface area (Å²) in [4.78, 5) is 0. The third-order valence-corrected chi connectivity index (χ3v) is 2.99. The molecule has 0 unspecified atom stereocenters. The number of halogens is 2. The van der Waals surface area contributed by atoms with Gasteiger partial charge in [-0.3, -0.25) is 0 Å². The van der Waals surface area contributed by atoms with Crippen LogP contribution in [0.3, 0.4) is 0 Å². The van der Waals surface area contributed by atoms with Gasteiger partial charge in [-0.1, -0.05) is 24.3 Å². The van der Waals surface area contributed by atoms with Crippen LogP contribution in [0.25, 0.3) is 0 Å². The molecule has 0 spiro atoms. The molecule has 2 rings (SSSR count). The van der Waals surface area contributed by atoms with Crippen LogP contribution in [0.2, 0.25) is 0 Å². The zero-order chi connectivity index (χ0) is 15.2. The number of anilines is 1. The molecule has 0 atom stereocenters. The van der Waals surface area contributed by atoms with E-state index >= 15 is 0 Å². The maximum atomic E-state index is 12.5. The van der Waals surface area contributed by atoms with Crippen LogP contribution < -0.4 is 14.8 Å². The van der Waals surface area contributed by atoms with E-state index in [1.165, 1.54) is 7.11 Å². The first-order chi connectivity index (χ1) is 10.1. The predicted octanol–water partition coefficient (Wildman–Crippen LogP) is 4.22. The molecule has 5 heteroatoms. The second kappa shape index (κ2) is 6.92. The predicted molar refractivity (Wildman–Crippen MR) is 78.1 cm³/mol. The summed E-state index contributed by atoms with van der Waals surface area (Å²) < 4.78 is 34.7. The molecular formula is C16H17F2NO2. The standard InChI is InChI=1S/C16H17F2NO2/c1-11-5-3-7-13(9-11)19-10-12-6-4-8-14(20-2)15(12)21-16(17)18/h3-9,16,19H,10H2,1-2H3. The number of hydrogen-bond donors (Lipinski definition) is 1. The molecule has 1 N–H and O–H groups in total. The second-order valence-corrected chi connectivity index (χ2v) is 4.55. The van der Waals surface area contributed by atoms with Gasteiger partial charge in [-0.2, -0.15) is 8.78 Å². The van der Waals surface area contributed by atoms with Gasteiger partial charge in [-0.15, -0.1) is 0 Å². The summed E-state index contributed by atoms with van der Waals surface area (Å²) in [6, 6.07) is 12.9. The molecule has 0 fully saturated rings. The van der Waals surface area contributed by atoms with Crippen molar-refractivity contribution < 1.29 is 18.3 Å². The normalized spacial score (nSPS) is 10.5. The van der Waals surface area contributed by atoms with Gasteiger partial charge in [0.15, 0.2) is 11.5 Å². The van der Waals surface area contributed by atoms with Crippen LogP contribution in [0, 0.1) is 6.92 Å². The SMILES string of the molecule is COc1cccc(CNc2cccc(C)c2)c1OC(F)F. The van der Waals surface area contributed by atoms with Crippen molar-refractivity contribution in [2.45, 2.75) is 20.1 Å². The van der Waals surface area contributed by atoms with Crippen molar-refractivity contribution in [2.24, 2.45) is 0 Å². The lowest BCUT2D eigenvalue weighted by Crippen LogP contribution is -2.08. The average Bonchev–Trinajstić information content (AvgIpc) is 2.45. The lowest BCUT2D eigenvalue weighted by Gasteiger charge is -2.15. The average molecular weight is 293 g/mol. The Morgan fingerprint density at radius 3 is 2.57 bits per heavy atom. The first kappa shape index (κ1) is 15.1. The Balaban J connectivity index is 2.19. The lowest BCUT2D eigenvalue weighted by molar-refractivity contribution is -0.0517. The third kappa shape index (κ3) is 4.08. The van der Waals surface area contributed by atoms with Crippen LogP contribution in [0.5, 0.6) is 11.5 Å². The Kier molecular flexibility index (Phi) is 4.98. The van der Waals surface area contributed by atoms with Gasteiger partial charge in [0.25, 0.3) is 0 Å². The van der Waals surface area contributed by atoms with Crippen molar-refractivity contribution in [3.05, 3.63) is 53.6 Å². The Bertz CT molecular complexity index is 603. The molecule has 0 heterocycles. The summed E-state index contributed by atoms with van der Waals surface area (Å²) >= 11 is 0. The molecule has 21 heavy (non-hydrogen) atoms. The van der Waals surface area contributed by atoms with Crippen LogP contribution in [0.1, 0.15) is 11.1 Å². The summed E-state index contributed by atoms with van der Waals surface area (Å²) in [5.74, 6) is 0.356. The summed E-state index contributed by atoms with van der Waals surface area (Å²) in [7, 11) is 1.42. The van der Waals surface area contributed by atoms with Crippen LogP contribution in [0.15, 0.2) is 42.5 Å². The number of benzene rings is 2. The number of ether oxygens (including phenoxy) is 2. The highest BCUT2D eigenvalue weighted by Gasteiger charge is 2.15. The molecule has 0 saturated carbocycles. The van der Waals surface area contributed by atoms with Crippen molar-refractivity contribution in [1.82, 2.24) is 0 Å². The molecular weight excluding hydrogens is 276 g/mol. The van der Waals surface area contributed by atoms with Crippen LogP contribution in [0.4, 0.5) is 14.5 Å². The number of methoxy groups -OCH3 is 1. The molecule has 0 aliphatic rings. The van der Waals surface area contributed by atoms with Crippen molar-refractivity contribution in [1.29, 1.82) is 0 Å². The van der Waals surface area contributed by atoms with E-state index in [2.05, 4.69) is 10.1 Å². The molecule has 0 bridgehead atoms. The molecule has 0 aliphatic carbocycles. The maximum absolute atomic E-state index is 12.5. The van der Waals surface area contributed by atoms with Gasteiger partial charge < -0.3 is 14.8 Å². The van der Waals surface area contributed by atoms with Gasteiger partial charge in [0, 0.05) is 17.8 Å². The largest absolute Gasteiger partial charge is 0.493 e. The number of nitrogens with one attached hydrogen (secondary N) is 1. The van der Waals surface area contributed by atoms with E-state index in [0.29, 0.717) is 17.9 Å². The van der Waals surface area contributed by atoms with Crippen molar-refractivity contribution in [2.75, 3.05) is 12.4 Å². The first-order valence-corrected chi connectivity index (χ1v) is 6.51. The molecule has 3 nitrogen and oxygen atoms in total. The molecule has 0 amide bonds. The quantitative estimate of drug-likeness (QED) is 0.865. The van der Waals surface area contributed by atoms with E-state index in [1.54, 1.807) is 18.2 Å². The van der Waals surface area contributed by atoms with E-state index in [4.69, 9.17) is 4.74 Å². The topological polar surface area (TPSA) is 30.5 Å². The monoisotopic (exact) mass is 293 g/mol. The van der Waals surface area contributed by atoms with Gasteiger partial charge in [0.2, 0.25) is 0 Å². The fourth-order valence-corrected chi connectivity index (χ4v) is 2.04. The number of rotatable bonds is 6. The minimum absolute atomic E-state index is 0.0650. The second-order valence-electron chi connectivity index (χ2n) is 4.55. The van der Waals surface area contributed by atoms with Gasteiger partial charge in [-0.25, -0.2) is 0 Å². The van der Waals surface area contributed by atoms with Crippen molar-refractivity contribution >= 4 is 5.69 Å². The Morgan fingerprint density at radius 2 is 1.90 bits per heavy atom.